The van der Waals surface area contributed by atoms with Gasteiger partial charge in [-0.2, -0.15) is 0 Å². The molecule has 0 aromatic heterocycles. The van der Waals surface area contributed by atoms with E-state index in [-0.39, 0.29) is 17.2 Å². The first-order valence-corrected chi connectivity index (χ1v) is 11.1. The summed E-state index contributed by atoms with van der Waals surface area (Å²) in [7, 11) is 0. The number of amides is 2. The summed E-state index contributed by atoms with van der Waals surface area (Å²) >= 11 is 1.64. The number of carbonyl (C=O) groups is 2. The Kier molecular flexibility index (Phi) is 5.72. The van der Waals surface area contributed by atoms with E-state index in [1.54, 1.807) is 16.7 Å². The Balaban J connectivity index is 1.45. The summed E-state index contributed by atoms with van der Waals surface area (Å²) in [6, 6.07) is 19.4. The molecule has 1 heterocycles. The molecule has 0 spiro atoms. The lowest BCUT2D eigenvalue weighted by Gasteiger charge is -2.31. The van der Waals surface area contributed by atoms with Crippen LogP contribution < -0.4 is 5.32 Å². The first-order valence-electron chi connectivity index (χ1n) is 9.97. The van der Waals surface area contributed by atoms with Crippen LogP contribution in [-0.4, -0.2) is 40.9 Å². The Morgan fingerprint density at radius 2 is 1.64 bits per heavy atom. The SMILES string of the molecule is O=C(NCC1(c2ccccc2)CCCC1)[C@@H]1CSCN1C(=O)c1ccccc1. The standard InChI is InChI=1S/C23H26N2O2S/c26-21(20-15-28-17-25(20)22(27)18-9-3-1-4-10-18)24-16-23(13-7-8-14-23)19-11-5-2-6-12-19/h1-6,9-12,20H,7-8,13-17H2,(H,24,26)/t20-/m0/s1. The quantitative estimate of drug-likeness (QED) is 0.838. The second kappa shape index (κ2) is 8.39. The van der Waals surface area contributed by atoms with Gasteiger partial charge in [0, 0.05) is 23.3 Å². The van der Waals surface area contributed by atoms with Crippen molar-refractivity contribution in [2.24, 2.45) is 0 Å². The predicted octanol–water partition coefficient (Wildman–Crippen LogP) is 3.83. The van der Waals surface area contributed by atoms with Gasteiger partial charge in [-0.05, 0) is 30.5 Å². The molecule has 4 nitrogen and oxygen atoms in total. The molecule has 2 amide bonds. The van der Waals surface area contributed by atoms with Crippen LogP contribution in [0.2, 0.25) is 0 Å². The predicted molar refractivity (Wildman–Crippen MR) is 113 cm³/mol. The monoisotopic (exact) mass is 394 g/mol. The topological polar surface area (TPSA) is 49.4 Å². The van der Waals surface area contributed by atoms with Crippen LogP contribution >= 0.6 is 11.8 Å². The molecular weight excluding hydrogens is 368 g/mol. The van der Waals surface area contributed by atoms with E-state index in [1.165, 1.54) is 18.4 Å². The van der Waals surface area contributed by atoms with Crippen molar-refractivity contribution >= 4 is 23.6 Å². The third kappa shape index (κ3) is 3.81. The molecule has 2 aromatic carbocycles. The lowest BCUT2D eigenvalue weighted by molar-refractivity contribution is -0.124. The molecule has 1 N–H and O–H groups in total. The van der Waals surface area contributed by atoms with Gasteiger partial charge in [0.1, 0.15) is 6.04 Å². The van der Waals surface area contributed by atoms with Gasteiger partial charge in [-0.1, -0.05) is 61.4 Å². The summed E-state index contributed by atoms with van der Waals surface area (Å²) in [5, 5.41) is 3.20. The van der Waals surface area contributed by atoms with Crippen LogP contribution in [0.1, 0.15) is 41.6 Å². The third-order valence-corrected chi connectivity index (χ3v) is 7.03. The van der Waals surface area contributed by atoms with Crippen molar-refractivity contribution in [3.8, 4) is 0 Å². The zero-order valence-corrected chi connectivity index (χ0v) is 16.8. The second-order valence-electron chi connectivity index (χ2n) is 7.73. The van der Waals surface area contributed by atoms with Crippen molar-refractivity contribution in [2.75, 3.05) is 18.2 Å². The summed E-state index contributed by atoms with van der Waals surface area (Å²) in [6.07, 6.45) is 4.60. The highest BCUT2D eigenvalue weighted by molar-refractivity contribution is 7.99. The van der Waals surface area contributed by atoms with Crippen LogP contribution in [0, 0.1) is 0 Å². The van der Waals surface area contributed by atoms with Gasteiger partial charge in [0.05, 0.1) is 5.88 Å². The van der Waals surface area contributed by atoms with Crippen molar-refractivity contribution in [1.29, 1.82) is 0 Å². The molecule has 1 saturated carbocycles. The number of thioether (sulfide) groups is 1. The molecule has 4 rings (SSSR count). The van der Waals surface area contributed by atoms with Crippen molar-refractivity contribution in [2.45, 2.75) is 37.1 Å². The van der Waals surface area contributed by atoms with Gasteiger partial charge in [-0.15, -0.1) is 11.8 Å². The number of hydrogen-bond donors (Lipinski definition) is 1. The lowest BCUT2D eigenvalue weighted by atomic mass is 9.79. The molecule has 1 atom stereocenters. The van der Waals surface area contributed by atoms with E-state index in [2.05, 4.69) is 29.6 Å². The minimum Gasteiger partial charge on any atom is -0.353 e. The van der Waals surface area contributed by atoms with Gasteiger partial charge in [0.25, 0.3) is 5.91 Å². The fraction of sp³-hybridized carbons (Fsp3) is 0.391. The molecule has 146 valence electrons. The van der Waals surface area contributed by atoms with Crippen LogP contribution in [0.25, 0.3) is 0 Å². The summed E-state index contributed by atoms with van der Waals surface area (Å²) in [6.45, 7) is 0.643. The summed E-state index contributed by atoms with van der Waals surface area (Å²) in [4.78, 5) is 27.6. The maximum absolute atomic E-state index is 13.0. The van der Waals surface area contributed by atoms with Gasteiger partial charge >= 0.3 is 0 Å². The molecule has 1 aliphatic heterocycles. The van der Waals surface area contributed by atoms with Crippen molar-refractivity contribution in [3.05, 3.63) is 71.8 Å². The highest BCUT2D eigenvalue weighted by atomic mass is 32.2. The molecule has 2 fully saturated rings. The largest absolute Gasteiger partial charge is 0.353 e. The van der Waals surface area contributed by atoms with Gasteiger partial charge in [-0.3, -0.25) is 9.59 Å². The minimum absolute atomic E-state index is 0.0247. The Hall–Kier alpha value is -2.27. The van der Waals surface area contributed by atoms with Gasteiger partial charge < -0.3 is 10.2 Å². The molecule has 0 radical (unpaired) electrons. The molecular formula is C23H26N2O2S. The van der Waals surface area contributed by atoms with Crippen LogP contribution in [0.5, 0.6) is 0 Å². The normalized spacial score (nSPS) is 20.9. The highest BCUT2D eigenvalue weighted by Crippen LogP contribution is 2.40. The number of carbonyl (C=O) groups excluding carboxylic acids is 2. The second-order valence-corrected chi connectivity index (χ2v) is 8.73. The van der Waals surface area contributed by atoms with Crippen LogP contribution in [0.3, 0.4) is 0 Å². The maximum atomic E-state index is 13.0. The van der Waals surface area contributed by atoms with E-state index in [1.807, 2.05) is 36.4 Å². The lowest BCUT2D eigenvalue weighted by Crippen LogP contribution is -2.50. The fourth-order valence-electron chi connectivity index (χ4n) is 4.39. The summed E-state index contributed by atoms with van der Waals surface area (Å²) in [5.41, 5.74) is 1.97. The molecule has 0 unspecified atom stereocenters. The highest BCUT2D eigenvalue weighted by Gasteiger charge is 2.39. The Morgan fingerprint density at radius 1 is 1.00 bits per heavy atom. The van der Waals surface area contributed by atoms with E-state index < -0.39 is 6.04 Å². The van der Waals surface area contributed by atoms with E-state index in [9.17, 15) is 9.59 Å². The third-order valence-electron chi connectivity index (χ3n) is 6.01. The average molecular weight is 395 g/mol. The summed E-state index contributed by atoms with van der Waals surface area (Å²) in [5.74, 6) is 1.12. The van der Waals surface area contributed by atoms with Crippen molar-refractivity contribution in [3.63, 3.8) is 0 Å². The Labute approximate surface area is 170 Å². The van der Waals surface area contributed by atoms with Crippen LogP contribution in [0.15, 0.2) is 60.7 Å². The van der Waals surface area contributed by atoms with Crippen LogP contribution in [-0.2, 0) is 10.2 Å². The molecule has 0 bridgehead atoms. The number of benzene rings is 2. The Morgan fingerprint density at radius 3 is 2.32 bits per heavy atom. The molecule has 1 aliphatic carbocycles. The molecule has 2 aliphatic rings. The smallest absolute Gasteiger partial charge is 0.255 e. The van der Waals surface area contributed by atoms with E-state index in [0.29, 0.717) is 23.7 Å². The first kappa shape index (κ1) is 19.1. The van der Waals surface area contributed by atoms with E-state index in [0.717, 1.165) is 12.8 Å². The molecule has 28 heavy (non-hydrogen) atoms. The molecule has 1 saturated heterocycles. The van der Waals surface area contributed by atoms with Gasteiger partial charge in [0.2, 0.25) is 5.91 Å². The number of nitrogens with zero attached hydrogens (tertiary/aromatic N) is 1. The van der Waals surface area contributed by atoms with Crippen molar-refractivity contribution < 1.29 is 9.59 Å². The average Bonchev–Trinajstić information content (AvgIpc) is 3.43. The zero-order chi connectivity index (χ0) is 19.4. The fourth-order valence-corrected chi connectivity index (χ4v) is 5.55. The first-order chi connectivity index (χ1) is 13.7. The number of hydrogen-bond acceptors (Lipinski definition) is 3. The molecule has 2 aromatic rings. The van der Waals surface area contributed by atoms with Gasteiger partial charge in [0.15, 0.2) is 0 Å². The maximum Gasteiger partial charge on any atom is 0.255 e. The van der Waals surface area contributed by atoms with E-state index in [4.69, 9.17) is 0 Å². The number of rotatable bonds is 5. The minimum atomic E-state index is -0.396. The molecule has 5 heteroatoms. The Bertz CT molecular complexity index is 819. The van der Waals surface area contributed by atoms with E-state index >= 15 is 0 Å². The zero-order valence-electron chi connectivity index (χ0n) is 16.0. The van der Waals surface area contributed by atoms with Gasteiger partial charge in [-0.25, -0.2) is 0 Å². The van der Waals surface area contributed by atoms with Crippen molar-refractivity contribution in [1.82, 2.24) is 10.2 Å². The van der Waals surface area contributed by atoms with Crippen LogP contribution in [0.4, 0.5) is 0 Å². The number of nitrogens with one attached hydrogen (secondary N) is 1. The summed E-state index contributed by atoms with van der Waals surface area (Å²) < 4.78 is 0.